The summed E-state index contributed by atoms with van der Waals surface area (Å²) in [6.45, 7) is 11.2. The minimum absolute atomic E-state index is 0.126. The van der Waals surface area contributed by atoms with Crippen LogP contribution in [0.2, 0.25) is 0 Å². The van der Waals surface area contributed by atoms with Crippen molar-refractivity contribution in [3.05, 3.63) is 0 Å². The molecule has 1 saturated heterocycles. The van der Waals surface area contributed by atoms with Crippen LogP contribution in [0, 0.1) is 0 Å². The summed E-state index contributed by atoms with van der Waals surface area (Å²) in [5, 5.41) is 0. The monoisotopic (exact) mass is 283 g/mol. The zero-order chi connectivity index (χ0) is 14.1. The number of hydrogen-bond donors (Lipinski definition) is 0. The summed E-state index contributed by atoms with van der Waals surface area (Å²) in [4.78, 5) is 10.4. The van der Waals surface area contributed by atoms with Crippen LogP contribution in [0.3, 0.4) is 0 Å². The van der Waals surface area contributed by atoms with Gasteiger partial charge in [0.1, 0.15) is 13.1 Å². The molecule has 7 heteroatoms. The maximum atomic E-state index is 10.4. The molecule has 6 nitrogen and oxygen atoms in total. The van der Waals surface area contributed by atoms with Crippen molar-refractivity contribution in [2.45, 2.75) is 20.8 Å². The van der Waals surface area contributed by atoms with Crippen LogP contribution in [-0.2, 0) is 18.3 Å². The third kappa shape index (κ3) is 8.19. The van der Waals surface area contributed by atoms with Crippen molar-refractivity contribution in [1.82, 2.24) is 0 Å². The maximum Gasteiger partial charge on any atom is 0.267 e. The van der Waals surface area contributed by atoms with E-state index in [1.807, 2.05) is 0 Å². The molecule has 0 aromatic carbocycles. The molecule has 0 aliphatic carbocycles. The Morgan fingerprint density at radius 1 is 1.17 bits per heavy atom. The number of phosphoric ester groups is 1. The number of phosphoric acid groups is 1. The smallest absolute Gasteiger partial charge is 0.267 e. The molecule has 1 fully saturated rings. The number of hydrogen-bond acceptors (Lipinski definition) is 5. The standard InChI is InChI=1S/C7H16NO.C4H11O4P/c1-3-8(2)4-6-9-7-5-8;1-3-7-9(5,6)8-4-2/h3-7H2,1-2H3;3-4H2,1-2H3,(H,5,6)/q+1;/p-1. The van der Waals surface area contributed by atoms with E-state index in [-0.39, 0.29) is 13.2 Å². The van der Waals surface area contributed by atoms with Gasteiger partial charge in [0, 0.05) is 0 Å². The minimum atomic E-state index is -3.94. The summed E-state index contributed by atoms with van der Waals surface area (Å²) in [6.07, 6.45) is 0. The molecule has 1 rings (SSSR count). The molecule has 0 aromatic rings. The van der Waals surface area contributed by atoms with Crippen LogP contribution in [0.5, 0.6) is 0 Å². The van der Waals surface area contributed by atoms with Crippen LogP contribution < -0.4 is 4.89 Å². The molecule has 0 atom stereocenters. The first kappa shape index (κ1) is 18.0. The molecule has 0 N–H and O–H groups in total. The zero-order valence-electron chi connectivity index (χ0n) is 11.9. The van der Waals surface area contributed by atoms with E-state index in [0.29, 0.717) is 0 Å². The highest BCUT2D eigenvalue weighted by Crippen LogP contribution is 2.37. The fourth-order valence-corrected chi connectivity index (χ4v) is 2.16. The molecule has 0 aromatic heterocycles. The number of ether oxygens (including phenoxy) is 1. The highest BCUT2D eigenvalue weighted by Gasteiger charge is 2.21. The lowest BCUT2D eigenvalue weighted by Gasteiger charge is -2.36. The van der Waals surface area contributed by atoms with Gasteiger partial charge in [-0.3, -0.25) is 4.57 Å². The molecule has 0 unspecified atom stereocenters. The predicted molar refractivity (Wildman–Crippen MR) is 68.1 cm³/mol. The lowest BCUT2D eigenvalue weighted by atomic mass is 10.3. The molecule has 1 heterocycles. The van der Waals surface area contributed by atoms with Gasteiger partial charge in [0.2, 0.25) is 0 Å². The number of rotatable bonds is 5. The van der Waals surface area contributed by atoms with Gasteiger partial charge >= 0.3 is 0 Å². The first-order valence-corrected chi connectivity index (χ1v) is 7.86. The lowest BCUT2D eigenvalue weighted by Crippen LogP contribution is -2.51. The second kappa shape index (κ2) is 9.02. The second-order valence-corrected chi connectivity index (χ2v) is 5.69. The van der Waals surface area contributed by atoms with Crippen molar-refractivity contribution in [2.24, 2.45) is 0 Å². The highest BCUT2D eigenvalue weighted by atomic mass is 31.2. The van der Waals surface area contributed by atoms with Gasteiger partial charge in [0.15, 0.2) is 0 Å². The van der Waals surface area contributed by atoms with E-state index in [2.05, 4.69) is 23.0 Å². The van der Waals surface area contributed by atoms with E-state index in [1.165, 1.54) is 24.1 Å². The van der Waals surface area contributed by atoms with Crippen LogP contribution >= 0.6 is 7.82 Å². The Morgan fingerprint density at radius 2 is 1.61 bits per heavy atom. The maximum absolute atomic E-state index is 10.4. The van der Waals surface area contributed by atoms with Crippen LogP contribution in [0.25, 0.3) is 0 Å². The van der Waals surface area contributed by atoms with E-state index in [1.54, 1.807) is 13.8 Å². The molecule has 0 amide bonds. The summed E-state index contributed by atoms with van der Waals surface area (Å²) in [7, 11) is -1.65. The van der Waals surface area contributed by atoms with E-state index in [0.717, 1.165) is 13.2 Å². The molecular formula is C11H26NO5P. The summed E-state index contributed by atoms with van der Waals surface area (Å²) in [5.74, 6) is 0. The van der Waals surface area contributed by atoms with Crippen molar-refractivity contribution in [2.75, 3.05) is 53.1 Å². The Bertz CT molecular complexity index is 246. The summed E-state index contributed by atoms with van der Waals surface area (Å²) in [5.41, 5.74) is 0. The van der Waals surface area contributed by atoms with E-state index >= 15 is 0 Å². The second-order valence-electron chi connectivity index (χ2n) is 4.28. The van der Waals surface area contributed by atoms with Crippen molar-refractivity contribution in [1.29, 1.82) is 0 Å². The number of morpholine rings is 1. The normalized spacial score (nSPS) is 18.9. The van der Waals surface area contributed by atoms with Crippen molar-refractivity contribution in [3.63, 3.8) is 0 Å². The number of nitrogens with zero attached hydrogens (tertiary/aromatic N) is 1. The Labute approximate surface area is 110 Å². The quantitative estimate of drug-likeness (QED) is 0.556. The third-order valence-corrected chi connectivity index (χ3v) is 4.04. The van der Waals surface area contributed by atoms with E-state index < -0.39 is 7.82 Å². The van der Waals surface area contributed by atoms with Gasteiger partial charge in [-0.15, -0.1) is 0 Å². The highest BCUT2D eigenvalue weighted by molar-refractivity contribution is 7.45. The fourth-order valence-electron chi connectivity index (χ4n) is 1.45. The van der Waals surface area contributed by atoms with Crippen molar-refractivity contribution >= 4 is 7.82 Å². The Kier molecular flexibility index (Phi) is 9.03. The van der Waals surface area contributed by atoms with Gasteiger partial charge in [-0.05, 0) is 20.8 Å². The van der Waals surface area contributed by atoms with E-state index in [4.69, 9.17) is 4.74 Å². The molecule has 0 bridgehead atoms. The van der Waals surface area contributed by atoms with Crippen LogP contribution in [0.1, 0.15) is 20.8 Å². The molecule has 0 saturated carbocycles. The van der Waals surface area contributed by atoms with Gasteiger partial charge in [-0.1, -0.05) is 0 Å². The lowest BCUT2D eigenvalue weighted by molar-refractivity contribution is -0.915. The molecular weight excluding hydrogens is 257 g/mol. The largest absolute Gasteiger partial charge is 0.756 e. The molecule has 0 spiro atoms. The molecule has 0 radical (unpaired) electrons. The number of likely N-dealkylation sites (N-methyl/N-ethyl adjacent to an activating group) is 1. The molecule has 1 aliphatic rings. The Morgan fingerprint density at radius 3 is 1.89 bits per heavy atom. The van der Waals surface area contributed by atoms with Gasteiger partial charge < -0.3 is 23.2 Å². The minimum Gasteiger partial charge on any atom is -0.756 e. The Hall–Kier alpha value is 0.0300. The van der Waals surface area contributed by atoms with Gasteiger partial charge in [0.05, 0.1) is 40.0 Å². The van der Waals surface area contributed by atoms with Crippen molar-refractivity contribution in [3.8, 4) is 0 Å². The van der Waals surface area contributed by atoms with Crippen LogP contribution in [0.15, 0.2) is 0 Å². The van der Waals surface area contributed by atoms with Crippen molar-refractivity contribution < 1.29 is 27.7 Å². The third-order valence-electron chi connectivity index (χ3n) is 2.89. The summed E-state index contributed by atoms with van der Waals surface area (Å²) < 4.78 is 25.4. The average Bonchev–Trinajstić information content (AvgIpc) is 2.30. The molecule has 1 aliphatic heterocycles. The first-order chi connectivity index (χ1) is 8.39. The molecule has 18 heavy (non-hydrogen) atoms. The van der Waals surface area contributed by atoms with E-state index in [9.17, 15) is 9.46 Å². The van der Waals surface area contributed by atoms with Gasteiger partial charge in [0.25, 0.3) is 7.82 Å². The predicted octanol–water partition coefficient (Wildman–Crippen LogP) is 1.01. The fraction of sp³-hybridized carbons (Fsp3) is 1.00. The summed E-state index contributed by atoms with van der Waals surface area (Å²) >= 11 is 0. The first-order valence-electron chi connectivity index (χ1n) is 6.40. The Balaban J connectivity index is 0.000000321. The zero-order valence-corrected chi connectivity index (χ0v) is 12.8. The number of quaternary nitrogens is 1. The van der Waals surface area contributed by atoms with Gasteiger partial charge in [-0.2, -0.15) is 0 Å². The van der Waals surface area contributed by atoms with Crippen LogP contribution in [-0.4, -0.2) is 57.6 Å². The topological polar surface area (TPSA) is 67.8 Å². The SMILES string of the molecule is CCOP(=O)([O-])OCC.CC[N+]1(C)CCOCC1. The average molecular weight is 283 g/mol. The molecule has 110 valence electrons. The van der Waals surface area contributed by atoms with Crippen LogP contribution in [0.4, 0.5) is 0 Å². The summed E-state index contributed by atoms with van der Waals surface area (Å²) in [6, 6.07) is 0. The van der Waals surface area contributed by atoms with Gasteiger partial charge in [-0.25, -0.2) is 0 Å².